The van der Waals surface area contributed by atoms with Crippen LogP contribution in [0.2, 0.25) is 0 Å². The number of aliphatic hydroxyl groups is 1. The lowest BCUT2D eigenvalue weighted by molar-refractivity contribution is -0.271. The van der Waals surface area contributed by atoms with Crippen molar-refractivity contribution in [3.8, 4) is 0 Å². The van der Waals surface area contributed by atoms with Gasteiger partial charge >= 0.3 is 11.9 Å². The van der Waals surface area contributed by atoms with E-state index in [0.29, 0.717) is 57.4 Å². The van der Waals surface area contributed by atoms with Gasteiger partial charge in [-0.2, -0.15) is 4.89 Å². The molecule has 0 heterocycles. The van der Waals surface area contributed by atoms with Crippen LogP contribution in [-0.4, -0.2) is 66.5 Å². The average molecular weight is 1390 g/mol. The highest BCUT2D eigenvalue weighted by atomic mass is 17.2. The molecule has 578 valence electrons. The lowest BCUT2D eigenvalue weighted by Crippen LogP contribution is -2.34. The SMILES string of the molecule is CCCCCCCCC(CCCCCCCCC(=O)NCCNC(=O)CCCCCCCCC(CCCCCCCC)C(CCCCCCCC)CCCCCCCCC(=O)OOCCc1ccc(C(=O)C(C)(C)O)cc1)C(CCCCCCCC)CCCCCCCCC(=O)OCC. The number of hydrogen-bond donors (Lipinski definition) is 3. The maximum atomic E-state index is 12.8. The molecule has 0 aromatic heterocycles. The van der Waals surface area contributed by atoms with Gasteiger partial charge in [-0.05, 0) is 82.1 Å². The van der Waals surface area contributed by atoms with Gasteiger partial charge in [-0.15, -0.1) is 0 Å². The fraction of sp³-hybridized carbons (Fsp3) is 0.875. The molecule has 11 nitrogen and oxygen atoms in total. The van der Waals surface area contributed by atoms with Crippen LogP contribution in [0.25, 0.3) is 0 Å². The monoisotopic (exact) mass is 1390 g/mol. The van der Waals surface area contributed by atoms with E-state index < -0.39 is 5.60 Å². The summed E-state index contributed by atoms with van der Waals surface area (Å²) >= 11 is 0. The Labute approximate surface area is 611 Å². The van der Waals surface area contributed by atoms with Crippen LogP contribution >= 0.6 is 0 Å². The Morgan fingerprint density at radius 3 is 0.899 bits per heavy atom. The van der Waals surface area contributed by atoms with Gasteiger partial charge in [0.05, 0.1) is 13.2 Å². The average Bonchev–Trinajstić information content (AvgIpc) is 0.872. The summed E-state index contributed by atoms with van der Waals surface area (Å²) in [5.41, 5.74) is 0.0126. The summed E-state index contributed by atoms with van der Waals surface area (Å²) in [6, 6.07) is 7.09. The van der Waals surface area contributed by atoms with Crippen molar-refractivity contribution in [2.45, 2.75) is 446 Å². The van der Waals surface area contributed by atoms with Crippen molar-refractivity contribution in [1.29, 1.82) is 0 Å². The standard InChI is InChI=1S/C88H162N2O9/c1-8-13-17-21-33-45-57-78(80(59-47-35-23-19-15-10-3)63-51-39-27-31-43-55-67-85(93)97-12-5)61-49-37-25-29-41-53-65-83(91)89-74-75-90-84(92)66-54-42-30-26-38-50-62-79(58-46-34-22-18-14-9-2)81(60-48-36-24-20-16-11-4)64-52-40-28-32-44-56-68-86(94)99-98-76-73-77-69-71-82(72-70-77)87(95)88(6,7)96/h69-72,78-81,96H,8-68,73-76H2,1-7H3,(H,89,91)(H,90,92). The predicted molar refractivity (Wildman–Crippen MR) is 419 cm³/mol. The summed E-state index contributed by atoms with van der Waals surface area (Å²) in [4.78, 5) is 72.2. The number of esters is 1. The second-order valence-electron chi connectivity index (χ2n) is 31.0. The molecule has 1 aromatic carbocycles. The summed E-state index contributed by atoms with van der Waals surface area (Å²) in [6.07, 6.45) is 74.9. The lowest BCUT2D eigenvalue weighted by atomic mass is 9.78. The molecule has 0 saturated carbocycles. The molecule has 4 unspecified atom stereocenters. The van der Waals surface area contributed by atoms with Gasteiger partial charge in [0.25, 0.3) is 0 Å². The Bertz CT molecular complexity index is 1990. The molecule has 4 atom stereocenters. The molecular formula is C88H162N2O9. The Hall–Kier alpha value is -3.31. The fourth-order valence-electron chi connectivity index (χ4n) is 15.1. The highest BCUT2D eigenvalue weighted by molar-refractivity contribution is 6.01. The fourth-order valence-corrected chi connectivity index (χ4v) is 15.1. The molecule has 11 heteroatoms. The van der Waals surface area contributed by atoms with Gasteiger partial charge in [0.2, 0.25) is 11.8 Å². The molecule has 0 bridgehead atoms. The Balaban J connectivity index is 2.45. The summed E-state index contributed by atoms with van der Waals surface area (Å²) < 4.78 is 5.12. The van der Waals surface area contributed by atoms with Crippen molar-refractivity contribution < 1.29 is 43.6 Å². The van der Waals surface area contributed by atoms with Crippen molar-refractivity contribution >= 4 is 29.5 Å². The summed E-state index contributed by atoms with van der Waals surface area (Å²) in [5, 5.41) is 16.1. The van der Waals surface area contributed by atoms with E-state index in [4.69, 9.17) is 14.5 Å². The number of rotatable bonds is 76. The molecule has 0 aliphatic heterocycles. The summed E-state index contributed by atoms with van der Waals surface area (Å²) in [6.45, 7) is 15.8. The molecular weight excluding hydrogens is 1230 g/mol. The maximum absolute atomic E-state index is 12.8. The molecule has 0 radical (unpaired) electrons. The molecule has 3 N–H and O–H groups in total. The first-order valence-corrected chi connectivity index (χ1v) is 43.2. The molecule has 1 aromatic rings. The second-order valence-corrected chi connectivity index (χ2v) is 31.0. The second kappa shape index (κ2) is 69.1. The molecule has 0 aliphatic rings. The number of hydrogen-bond acceptors (Lipinski definition) is 9. The Morgan fingerprint density at radius 1 is 0.354 bits per heavy atom. The molecule has 1 rings (SSSR count). The maximum Gasteiger partial charge on any atom is 0.342 e. The molecule has 0 spiro atoms. The number of benzene rings is 1. The third-order valence-electron chi connectivity index (χ3n) is 21.4. The van der Waals surface area contributed by atoms with Crippen molar-refractivity contribution in [3.63, 3.8) is 0 Å². The van der Waals surface area contributed by atoms with Crippen molar-refractivity contribution in [2.75, 3.05) is 26.3 Å². The number of ether oxygens (including phenoxy) is 1. The van der Waals surface area contributed by atoms with Crippen LogP contribution in [0.15, 0.2) is 24.3 Å². The molecule has 0 fully saturated rings. The van der Waals surface area contributed by atoms with E-state index >= 15 is 0 Å². The third kappa shape index (κ3) is 58.7. The normalized spacial score (nSPS) is 12.9. The highest BCUT2D eigenvalue weighted by Gasteiger charge is 2.26. The van der Waals surface area contributed by atoms with Gasteiger partial charge in [-0.25, -0.2) is 4.79 Å². The minimum absolute atomic E-state index is 0.0420. The number of unbranched alkanes of at least 4 members (excludes halogenated alkanes) is 40. The van der Waals surface area contributed by atoms with Gasteiger partial charge in [0.15, 0.2) is 5.78 Å². The van der Waals surface area contributed by atoms with Crippen LogP contribution in [0.1, 0.15) is 450 Å². The van der Waals surface area contributed by atoms with E-state index in [1.165, 1.54) is 316 Å². The molecule has 2 amide bonds. The van der Waals surface area contributed by atoms with E-state index in [0.717, 1.165) is 87.0 Å². The number of nitrogens with one attached hydrogen (secondary N) is 2. The first kappa shape index (κ1) is 93.7. The van der Waals surface area contributed by atoms with E-state index in [-0.39, 0.29) is 36.1 Å². The van der Waals surface area contributed by atoms with Crippen molar-refractivity contribution in [2.24, 2.45) is 23.7 Å². The largest absolute Gasteiger partial charge is 0.466 e. The van der Waals surface area contributed by atoms with Gasteiger partial charge in [-0.1, -0.05) is 386 Å². The zero-order valence-corrected chi connectivity index (χ0v) is 66.3. The lowest BCUT2D eigenvalue weighted by Gasteiger charge is -2.28. The topological polar surface area (TPSA) is 157 Å². The number of amides is 2. The minimum atomic E-state index is -1.41. The summed E-state index contributed by atoms with van der Waals surface area (Å²) in [7, 11) is 0. The molecule has 0 saturated heterocycles. The van der Waals surface area contributed by atoms with Gasteiger partial charge in [-0.3, -0.25) is 24.1 Å². The van der Waals surface area contributed by atoms with Gasteiger partial charge < -0.3 is 20.5 Å². The molecule has 0 aliphatic carbocycles. The Kier molecular flexibility index (Phi) is 65.4. The van der Waals surface area contributed by atoms with Crippen LogP contribution in [-0.2, 0) is 40.1 Å². The zero-order chi connectivity index (χ0) is 72.2. The quantitative estimate of drug-likeness (QED) is 0.0190. The first-order chi connectivity index (χ1) is 48.3. The zero-order valence-electron chi connectivity index (χ0n) is 66.3. The first-order valence-electron chi connectivity index (χ1n) is 43.2. The van der Waals surface area contributed by atoms with Crippen LogP contribution < -0.4 is 10.6 Å². The van der Waals surface area contributed by atoms with Crippen molar-refractivity contribution in [3.05, 3.63) is 35.4 Å². The van der Waals surface area contributed by atoms with Crippen LogP contribution in [0, 0.1) is 23.7 Å². The number of Topliss-reactive ketones (excluding diaryl/α,β-unsaturated/α-hetero) is 1. The van der Waals surface area contributed by atoms with E-state index in [2.05, 4.69) is 38.3 Å². The van der Waals surface area contributed by atoms with E-state index in [1.807, 2.05) is 19.1 Å². The predicted octanol–water partition coefficient (Wildman–Crippen LogP) is 25.4. The number of carbonyl (C=O) groups excluding carboxylic acids is 5. The summed E-state index contributed by atoms with van der Waals surface area (Å²) in [5.74, 6) is 2.91. The minimum Gasteiger partial charge on any atom is -0.466 e. The molecule has 99 heavy (non-hydrogen) atoms. The van der Waals surface area contributed by atoms with Crippen molar-refractivity contribution in [1.82, 2.24) is 10.6 Å². The number of carbonyl (C=O) groups is 5. The third-order valence-corrected chi connectivity index (χ3v) is 21.4. The van der Waals surface area contributed by atoms with E-state index in [9.17, 15) is 29.1 Å². The van der Waals surface area contributed by atoms with Crippen LogP contribution in [0.5, 0.6) is 0 Å². The van der Waals surface area contributed by atoms with Gasteiger partial charge in [0.1, 0.15) is 5.60 Å². The smallest absolute Gasteiger partial charge is 0.342 e. The van der Waals surface area contributed by atoms with Gasteiger partial charge in [0, 0.05) is 44.3 Å². The highest BCUT2D eigenvalue weighted by Crippen LogP contribution is 2.36. The Morgan fingerprint density at radius 2 is 0.616 bits per heavy atom. The van der Waals surface area contributed by atoms with E-state index in [1.54, 1.807) is 12.1 Å². The number of ketones is 1. The van der Waals surface area contributed by atoms with Crippen LogP contribution in [0.3, 0.4) is 0 Å². The van der Waals surface area contributed by atoms with Crippen LogP contribution in [0.4, 0.5) is 0 Å².